The molecule has 3 aliphatic heterocycles. The van der Waals surface area contributed by atoms with Crippen LogP contribution in [-0.4, -0.2) is 118 Å². The molecule has 15 aromatic rings. The van der Waals surface area contributed by atoms with Gasteiger partial charge in [-0.3, -0.25) is 33.8 Å². The number of hydrogen-bond donors (Lipinski definition) is 9. The van der Waals surface area contributed by atoms with Crippen LogP contribution in [0.5, 0.6) is 51.7 Å². The monoisotopic (exact) mass is 1620 g/mol. The highest BCUT2D eigenvalue weighted by Crippen LogP contribution is 2.49. The third-order valence-corrected chi connectivity index (χ3v) is 19.4. The number of nitrogens with two attached hydrogens (primary N) is 3. The van der Waals surface area contributed by atoms with E-state index in [0.29, 0.717) is 137 Å². The van der Waals surface area contributed by atoms with Crippen molar-refractivity contribution in [3.63, 3.8) is 0 Å². The Kier molecular flexibility index (Phi) is 21.8. The summed E-state index contributed by atoms with van der Waals surface area (Å²) >= 11 is 0. The topological polar surface area (TPSA) is 392 Å². The van der Waals surface area contributed by atoms with Crippen molar-refractivity contribution in [3.8, 4) is 102 Å². The van der Waals surface area contributed by atoms with E-state index in [0.717, 1.165) is 11.8 Å². The van der Waals surface area contributed by atoms with E-state index in [1.165, 1.54) is 50.5 Å². The molecule has 32 heteroatoms. The first-order valence-corrected chi connectivity index (χ1v) is 37.6. The van der Waals surface area contributed by atoms with E-state index < -0.39 is 34.6 Å². The highest BCUT2D eigenvalue weighted by molar-refractivity contribution is 6.08. The molecule has 0 unspecified atom stereocenters. The van der Waals surface area contributed by atoms with Gasteiger partial charge in [0.1, 0.15) is 122 Å². The fourth-order valence-electron chi connectivity index (χ4n) is 13.9. The van der Waals surface area contributed by atoms with Crippen molar-refractivity contribution in [2.45, 2.75) is 19.8 Å². The first-order chi connectivity index (χ1) is 58.6. The Hall–Kier alpha value is -16.2. The minimum absolute atomic E-state index is 0.0609. The smallest absolute Gasteiger partial charge is 0.261 e. The fourth-order valence-corrected chi connectivity index (χ4v) is 13.9. The lowest BCUT2D eigenvalue weighted by molar-refractivity contribution is -0.112. The predicted molar refractivity (Wildman–Crippen MR) is 456 cm³/mol. The number of para-hydroxylation sites is 3. The highest BCUT2D eigenvalue weighted by Gasteiger charge is 2.34. The van der Waals surface area contributed by atoms with Crippen LogP contribution < -0.4 is 78.3 Å². The first kappa shape index (κ1) is 78.7. The van der Waals surface area contributed by atoms with Crippen molar-refractivity contribution in [2.75, 3.05) is 74.4 Å². The summed E-state index contributed by atoms with van der Waals surface area (Å²) in [7, 11) is 7.58. The number of nitrogen functional groups attached to an aromatic ring is 3. The molecule has 0 spiro atoms. The van der Waals surface area contributed by atoms with Crippen molar-refractivity contribution < 1.29 is 51.6 Å². The number of fused-ring (bicyclic) bond motifs is 15. The third kappa shape index (κ3) is 16.1. The van der Waals surface area contributed by atoms with Gasteiger partial charge >= 0.3 is 0 Å². The zero-order valence-corrected chi connectivity index (χ0v) is 65.1. The van der Waals surface area contributed by atoms with E-state index in [2.05, 4.69) is 47.6 Å². The lowest BCUT2D eigenvalue weighted by Gasteiger charge is -2.23. The summed E-state index contributed by atoms with van der Waals surface area (Å²) in [5, 5.41) is 22.6. The first-order valence-electron chi connectivity index (χ1n) is 37.6. The van der Waals surface area contributed by atoms with Crippen LogP contribution >= 0.6 is 0 Å². The highest BCUT2D eigenvalue weighted by atomic mass is 19.1. The van der Waals surface area contributed by atoms with Gasteiger partial charge in [-0.15, -0.1) is 0 Å². The normalized spacial score (nSPS) is 12.1. The van der Waals surface area contributed by atoms with E-state index in [-0.39, 0.29) is 87.8 Å². The number of amides is 3. The van der Waals surface area contributed by atoms with Crippen LogP contribution in [0.1, 0.15) is 17.1 Å². The maximum atomic E-state index is 15.0. The summed E-state index contributed by atoms with van der Waals surface area (Å²) in [5.74, 6) is 2.39. The Morgan fingerprint density at radius 1 is 0.455 bits per heavy atom. The van der Waals surface area contributed by atoms with Gasteiger partial charge in [-0.05, 0) is 174 Å². The molecule has 18 rings (SSSR count). The van der Waals surface area contributed by atoms with Crippen LogP contribution in [-0.2, 0) is 34.2 Å². The second kappa shape index (κ2) is 33.5. The van der Waals surface area contributed by atoms with E-state index in [1.807, 2.05) is 141 Å². The van der Waals surface area contributed by atoms with Crippen LogP contribution in [0, 0.1) is 11.6 Å². The van der Waals surface area contributed by atoms with Gasteiger partial charge < -0.3 is 86.3 Å². The predicted octanol–water partition coefficient (Wildman–Crippen LogP) is 13.9. The summed E-state index contributed by atoms with van der Waals surface area (Å²) < 4.78 is 69.3. The molecule has 3 aliphatic rings. The summed E-state index contributed by atoms with van der Waals surface area (Å²) in [6.45, 7) is 4.52. The van der Waals surface area contributed by atoms with Gasteiger partial charge in [-0.2, -0.15) is 15.3 Å². The molecule has 0 radical (unpaired) electrons. The molecule has 0 atom stereocenters. The summed E-state index contributed by atoms with van der Waals surface area (Å²) in [4.78, 5) is 93.1. The minimum atomic E-state index is -0.675. The van der Waals surface area contributed by atoms with Crippen LogP contribution in [0.2, 0.25) is 0 Å². The summed E-state index contributed by atoms with van der Waals surface area (Å²) in [6.07, 6.45) is 8.84. The number of aromatic amines is 3. The molecular formula is C89H74F2N18O12. The fraction of sp³-hybridized carbons (Fsp3) is 0.101. The number of halogens is 2. The number of nitrogens with zero attached hydrogens (tertiary/aromatic N) is 9. The molecule has 0 fully saturated rings. The van der Waals surface area contributed by atoms with Crippen LogP contribution in [0.25, 0.3) is 83.3 Å². The molecular weight excluding hydrogens is 1550 g/mol. The van der Waals surface area contributed by atoms with E-state index >= 15 is 0 Å². The Morgan fingerprint density at radius 3 is 1.17 bits per heavy atom. The number of rotatable bonds is 19. The molecule has 606 valence electrons. The summed E-state index contributed by atoms with van der Waals surface area (Å²) in [6, 6.07) is 56.8. The molecule has 30 nitrogen and oxygen atoms in total. The average molecular weight is 1630 g/mol. The number of aromatic nitrogens is 10. The number of nitrogens with one attached hydrogen (secondary N) is 6. The molecule has 10 heterocycles. The molecule has 8 aromatic carbocycles. The van der Waals surface area contributed by atoms with Gasteiger partial charge in [0.2, 0.25) is 17.7 Å². The van der Waals surface area contributed by atoms with Crippen LogP contribution in [0.3, 0.4) is 0 Å². The van der Waals surface area contributed by atoms with Gasteiger partial charge in [0.05, 0.1) is 45.4 Å². The van der Waals surface area contributed by atoms with Crippen molar-refractivity contribution in [3.05, 3.63) is 297 Å². The standard InChI is InChI=1S/C31H27FN6O4.C30H27N7O4.C28H20FN5O4/c1-37(2)16-6-9-24(39)35-27-22(32)15-14-21-25-23(17-41-29(21)27)34-31(40)26-28(25)36-38(30(26)33)18-10-12-20(13-11-18)42-19-7-4-3-5-8-19;1-36(2)16-6-9-23(38)33-21-14-15-32-27-24-22(17-40-28(21)27)34-30(39)25-26(24)35-37(29(25)31)18-10-12-20(13-11-18)41-19-7-4-3-5-8-19;1-2-21(35)32-24-19(29)13-12-18-22-20(14-37-26(18)24)31-28(36)23-25(22)33-34(27(23)30)15-8-10-17(11-9-15)38-16-6-4-3-5-7-16/h3-15H,16-17,33H2,1-2H3,(H,34,40)(H,35,39);3-15H,16-17,31H2,1-2H3,(H,34,39)(H,32,33,38);2-13H,1,14,30H2,(H,31,36)(H,32,35)/b2*9-6+;. The van der Waals surface area contributed by atoms with Gasteiger partial charge in [0.25, 0.3) is 16.7 Å². The Labute approximate surface area is 685 Å². The van der Waals surface area contributed by atoms with Gasteiger partial charge in [-0.1, -0.05) is 73.3 Å². The van der Waals surface area contributed by atoms with Crippen LogP contribution in [0.15, 0.2) is 252 Å². The molecule has 12 N–H and O–H groups in total. The lowest BCUT2D eigenvalue weighted by atomic mass is 9.97. The summed E-state index contributed by atoms with van der Waals surface area (Å²) in [5.41, 5.74) is 25.7. The number of likely N-dealkylation sites (N-methyl/N-ethyl adjacent to an activating group) is 2. The number of carbonyl (C=O) groups excluding carboxylic acids is 3. The Morgan fingerprint density at radius 2 is 0.793 bits per heavy atom. The van der Waals surface area contributed by atoms with Gasteiger partial charge in [-0.25, -0.2) is 22.8 Å². The molecule has 0 saturated carbocycles. The zero-order valence-electron chi connectivity index (χ0n) is 65.1. The minimum Gasteiger partial charge on any atom is -0.484 e. The number of H-pyrrole nitrogens is 3. The number of anilines is 6. The van der Waals surface area contributed by atoms with E-state index in [4.69, 9.17) is 55.8 Å². The zero-order chi connectivity index (χ0) is 84.3. The molecule has 121 heavy (non-hydrogen) atoms. The molecule has 7 aromatic heterocycles. The van der Waals surface area contributed by atoms with E-state index in [1.54, 1.807) is 85.1 Å². The van der Waals surface area contributed by atoms with Gasteiger partial charge in [0, 0.05) is 53.7 Å². The SMILES string of the molecule is C=CC(=O)Nc1c(F)ccc2c1OCc1[nH]c(=O)c3c(N)n(-c4ccc(Oc5ccccc5)cc4)nc3c1-2.CN(C)C/C=C/C(=O)Nc1c(F)ccc2c1OCc1[nH]c(=O)c3c(N)n(-c4ccc(Oc5ccccc5)cc4)nc3c1-2.CN(C)C/C=C/C(=O)Nc1ccnc2c1OCc1[nH]c(=O)c3c(N)n(-c4ccc(Oc5ccccc5)cc4)nc3c1-2. The lowest BCUT2D eigenvalue weighted by Crippen LogP contribution is -2.19. The second-order valence-corrected chi connectivity index (χ2v) is 28.2. The number of ether oxygens (including phenoxy) is 6. The molecule has 0 aliphatic carbocycles. The number of pyridine rings is 4. The quantitative estimate of drug-likeness (QED) is 0.0340. The number of benzene rings is 8. The van der Waals surface area contributed by atoms with Gasteiger partial charge in [0.15, 0.2) is 28.9 Å². The maximum Gasteiger partial charge on any atom is 0.261 e. The van der Waals surface area contributed by atoms with Crippen molar-refractivity contribution >= 4 is 84.9 Å². The molecule has 3 amide bonds. The van der Waals surface area contributed by atoms with E-state index in [9.17, 15) is 37.5 Å². The van der Waals surface area contributed by atoms with Crippen LogP contribution in [0.4, 0.5) is 43.3 Å². The average Bonchev–Trinajstić information content (AvgIpc) is 1.44. The molecule has 0 saturated heterocycles. The van der Waals surface area contributed by atoms with Crippen molar-refractivity contribution in [1.82, 2.24) is 59.1 Å². The Bertz CT molecular complexity index is 6830. The third-order valence-electron chi connectivity index (χ3n) is 19.4. The second-order valence-electron chi connectivity index (χ2n) is 28.2. The number of hydrogen-bond acceptors (Lipinski definition) is 21. The molecule has 0 bridgehead atoms. The number of carbonyl (C=O) groups is 3. The van der Waals surface area contributed by atoms with Crippen molar-refractivity contribution in [2.24, 2.45) is 0 Å². The van der Waals surface area contributed by atoms with Crippen molar-refractivity contribution in [1.29, 1.82) is 0 Å². The Balaban J connectivity index is 0.000000135. The largest absolute Gasteiger partial charge is 0.484 e. The maximum absolute atomic E-state index is 15.0.